The molecule has 3 nitrogen and oxygen atoms in total. The van der Waals surface area contributed by atoms with Gasteiger partial charge in [0.25, 0.3) is 5.24 Å². The minimum Gasteiger partial charge on any atom is -0.493 e. The minimum atomic E-state index is -0.470. The molecule has 0 bridgehead atoms. The van der Waals surface area contributed by atoms with Crippen LogP contribution in [0.5, 0.6) is 11.5 Å². The lowest BCUT2D eigenvalue weighted by molar-refractivity contribution is 0.108. The van der Waals surface area contributed by atoms with Crippen molar-refractivity contribution in [3.05, 3.63) is 23.8 Å². The molecule has 1 aromatic rings. The fourth-order valence-electron chi connectivity index (χ4n) is 5.65. The molecule has 0 heterocycles. The highest BCUT2D eigenvalue weighted by atomic mass is 35.5. The van der Waals surface area contributed by atoms with Crippen LogP contribution in [0.15, 0.2) is 18.2 Å². The number of rotatable bonds is 32. The minimum absolute atomic E-state index is 0.440. The third-order valence-electron chi connectivity index (χ3n) is 8.39. The largest absolute Gasteiger partial charge is 0.493 e. The van der Waals surface area contributed by atoms with Crippen molar-refractivity contribution < 1.29 is 14.3 Å². The Morgan fingerprint density at radius 1 is 0.452 bits per heavy atom. The molecule has 0 fully saturated rings. The van der Waals surface area contributed by atoms with Gasteiger partial charge in [-0.3, -0.25) is 4.79 Å². The van der Waals surface area contributed by atoms with Crippen molar-refractivity contribution >= 4 is 16.8 Å². The highest BCUT2D eigenvalue weighted by Gasteiger charge is 2.09. The quantitative estimate of drug-likeness (QED) is 0.0604. The monoisotopic (exact) mass is 606 g/mol. The van der Waals surface area contributed by atoms with Gasteiger partial charge in [-0.2, -0.15) is 0 Å². The Bertz CT molecular complexity index is 735. The van der Waals surface area contributed by atoms with Crippen LogP contribution in [0.4, 0.5) is 0 Å². The number of halogens is 1. The van der Waals surface area contributed by atoms with E-state index in [2.05, 4.69) is 13.8 Å². The Morgan fingerprint density at radius 2 is 0.714 bits per heavy atom. The van der Waals surface area contributed by atoms with Crippen LogP contribution in [-0.2, 0) is 0 Å². The molecular formula is C38H67ClO3. The number of hydrogen-bond donors (Lipinski definition) is 0. The van der Waals surface area contributed by atoms with Crippen LogP contribution in [0, 0.1) is 0 Å². The Kier molecular flexibility index (Phi) is 27.6. The normalized spacial score (nSPS) is 11.2. The lowest BCUT2D eigenvalue weighted by Crippen LogP contribution is -2.02. The second-order valence-electron chi connectivity index (χ2n) is 12.5. The maximum absolute atomic E-state index is 11.8. The van der Waals surface area contributed by atoms with Gasteiger partial charge < -0.3 is 9.47 Å². The first kappa shape index (κ1) is 38.8. The summed E-state index contributed by atoms with van der Waals surface area (Å²) >= 11 is 5.78. The van der Waals surface area contributed by atoms with Gasteiger partial charge in [0.05, 0.1) is 13.2 Å². The summed E-state index contributed by atoms with van der Waals surface area (Å²) in [4.78, 5) is 11.8. The van der Waals surface area contributed by atoms with Crippen LogP contribution >= 0.6 is 11.6 Å². The lowest BCUT2D eigenvalue weighted by atomic mass is 10.0. The Hall–Kier alpha value is -1.22. The first-order valence-corrected chi connectivity index (χ1v) is 18.7. The van der Waals surface area contributed by atoms with E-state index in [4.69, 9.17) is 21.1 Å². The van der Waals surface area contributed by atoms with Crippen molar-refractivity contribution in [2.45, 2.75) is 187 Å². The summed E-state index contributed by atoms with van der Waals surface area (Å²) in [5.41, 5.74) is 0.440. The summed E-state index contributed by atoms with van der Waals surface area (Å²) in [6, 6.07) is 5.36. The van der Waals surface area contributed by atoms with E-state index in [0.29, 0.717) is 30.3 Å². The summed E-state index contributed by atoms with van der Waals surface area (Å²) in [5, 5.41) is -0.470. The zero-order valence-electron chi connectivity index (χ0n) is 27.8. The van der Waals surface area contributed by atoms with Gasteiger partial charge in [0.15, 0.2) is 0 Å². The molecule has 0 unspecified atom stereocenters. The first-order valence-electron chi connectivity index (χ1n) is 18.3. The van der Waals surface area contributed by atoms with Crippen LogP contribution in [-0.4, -0.2) is 18.5 Å². The summed E-state index contributed by atoms with van der Waals surface area (Å²) < 4.78 is 11.9. The van der Waals surface area contributed by atoms with Crippen molar-refractivity contribution in [3.8, 4) is 11.5 Å². The lowest BCUT2D eigenvalue weighted by Gasteiger charge is -2.11. The van der Waals surface area contributed by atoms with Gasteiger partial charge in [-0.1, -0.05) is 174 Å². The van der Waals surface area contributed by atoms with Crippen molar-refractivity contribution in [2.24, 2.45) is 0 Å². The molecule has 4 heteroatoms. The highest BCUT2D eigenvalue weighted by molar-refractivity contribution is 6.67. The smallest absolute Gasteiger partial charge is 0.252 e. The van der Waals surface area contributed by atoms with E-state index < -0.39 is 5.24 Å². The average molecular weight is 607 g/mol. The molecule has 0 aliphatic carbocycles. The topological polar surface area (TPSA) is 35.5 Å². The molecule has 0 aliphatic heterocycles. The Balaban J connectivity index is 2.05. The number of hydrogen-bond acceptors (Lipinski definition) is 3. The van der Waals surface area contributed by atoms with E-state index in [-0.39, 0.29) is 0 Å². The van der Waals surface area contributed by atoms with Gasteiger partial charge in [0.1, 0.15) is 11.5 Å². The van der Waals surface area contributed by atoms with Gasteiger partial charge in [-0.25, -0.2) is 0 Å². The van der Waals surface area contributed by atoms with Crippen LogP contribution < -0.4 is 9.47 Å². The molecule has 0 aromatic heterocycles. The van der Waals surface area contributed by atoms with Crippen LogP contribution in [0.2, 0.25) is 0 Å². The number of ether oxygens (including phenoxy) is 2. The SMILES string of the molecule is CCCCCCCCCCCCCCCCCCOc1cc(OCCCCCCCCCCCCC)cc(C(=O)Cl)c1. The summed E-state index contributed by atoms with van der Waals surface area (Å²) in [7, 11) is 0. The number of carbonyl (C=O) groups is 1. The molecule has 0 aliphatic rings. The Labute approximate surface area is 266 Å². The van der Waals surface area contributed by atoms with Gasteiger partial charge in [0.2, 0.25) is 0 Å². The fraction of sp³-hybridized carbons (Fsp3) is 0.816. The molecule has 0 saturated carbocycles. The zero-order chi connectivity index (χ0) is 30.4. The van der Waals surface area contributed by atoms with E-state index in [1.807, 2.05) is 6.07 Å². The van der Waals surface area contributed by atoms with Crippen molar-refractivity contribution in [1.29, 1.82) is 0 Å². The maximum Gasteiger partial charge on any atom is 0.252 e. The molecule has 0 saturated heterocycles. The number of carbonyl (C=O) groups excluding carboxylic acids is 1. The molecule has 1 rings (SSSR count). The number of unbranched alkanes of at least 4 members (excludes halogenated alkanes) is 25. The standard InChI is InChI=1S/C38H67ClO3/c1-3-5-7-9-11-13-15-16-17-18-19-21-23-25-27-29-31-42-37-33-35(38(39)40)32-36(34-37)41-30-28-26-24-22-20-14-12-10-8-6-4-2/h32-34H,3-31H2,1-2H3. The molecule has 0 spiro atoms. The zero-order valence-corrected chi connectivity index (χ0v) is 28.6. The number of benzene rings is 1. The molecule has 0 amide bonds. The molecule has 0 atom stereocenters. The van der Waals surface area contributed by atoms with Gasteiger partial charge in [-0.05, 0) is 36.6 Å². The van der Waals surface area contributed by atoms with E-state index >= 15 is 0 Å². The predicted molar refractivity (Wildman–Crippen MR) is 184 cm³/mol. The second kappa shape index (κ2) is 29.8. The van der Waals surface area contributed by atoms with E-state index in [0.717, 1.165) is 12.8 Å². The van der Waals surface area contributed by atoms with E-state index in [1.165, 1.54) is 161 Å². The van der Waals surface area contributed by atoms with E-state index in [1.54, 1.807) is 12.1 Å². The Morgan fingerprint density at radius 3 is 0.976 bits per heavy atom. The molecule has 1 aromatic carbocycles. The third kappa shape index (κ3) is 24.2. The van der Waals surface area contributed by atoms with Gasteiger partial charge in [-0.15, -0.1) is 0 Å². The summed E-state index contributed by atoms with van der Waals surface area (Å²) in [6.07, 6.45) is 36.2. The van der Waals surface area contributed by atoms with Gasteiger partial charge in [0, 0.05) is 11.6 Å². The predicted octanol–water partition coefficient (Wildman–Crippen LogP) is 13.4. The maximum atomic E-state index is 11.8. The summed E-state index contributed by atoms with van der Waals surface area (Å²) in [5.74, 6) is 1.35. The van der Waals surface area contributed by atoms with E-state index in [9.17, 15) is 4.79 Å². The van der Waals surface area contributed by atoms with Crippen molar-refractivity contribution in [3.63, 3.8) is 0 Å². The average Bonchev–Trinajstić information content (AvgIpc) is 2.99. The van der Waals surface area contributed by atoms with Crippen molar-refractivity contribution in [2.75, 3.05) is 13.2 Å². The van der Waals surface area contributed by atoms with Crippen LogP contribution in [0.25, 0.3) is 0 Å². The molecule has 42 heavy (non-hydrogen) atoms. The van der Waals surface area contributed by atoms with Crippen LogP contribution in [0.3, 0.4) is 0 Å². The second-order valence-corrected chi connectivity index (χ2v) is 12.8. The molecular weight excluding hydrogens is 540 g/mol. The highest BCUT2D eigenvalue weighted by Crippen LogP contribution is 2.25. The fourth-order valence-corrected chi connectivity index (χ4v) is 5.76. The van der Waals surface area contributed by atoms with Gasteiger partial charge >= 0.3 is 0 Å². The first-order chi connectivity index (χ1) is 20.7. The molecule has 0 N–H and O–H groups in total. The van der Waals surface area contributed by atoms with Crippen molar-refractivity contribution in [1.82, 2.24) is 0 Å². The third-order valence-corrected chi connectivity index (χ3v) is 8.61. The van der Waals surface area contributed by atoms with Crippen LogP contribution in [0.1, 0.15) is 198 Å². The molecule has 244 valence electrons. The summed E-state index contributed by atoms with van der Waals surface area (Å²) in [6.45, 7) is 5.88. The molecule has 0 radical (unpaired) electrons.